The van der Waals surface area contributed by atoms with Gasteiger partial charge in [0.1, 0.15) is 11.6 Å². The molecule has 0 unspecified atom stereocenters. The van der Waals surface area contributed by atoms with Gasteiger partial charge in [0.05, 0.1) is 14.2 Å². The Labute approximate surface area is 123 Å². The quantitative estimate of drug-likeness (QED) is 0.683. The Balaban J connectivity index is 2.79. The predicted molar refractivity (Wildman–Crippen MR) is 77.4 cm³/mol. The van der Waals surface area contributed by atoms with Crippen molar-refractivity contribution in [2.24, 2.45) is 0 Å². The molecule has 1 aliphatic carbocycles. The van der Waals surface area contributed by atoms with Gasteiger partial charge in [0.25, 0.3) is 0 Å². The van der Waals surface area contributed by atoms with Gasteiger partial charge in [-0.1, -0.05) is 13.8 Å². The minimum Gasteiger partial charge on any atom is -0.493 e. The van der Waals surface area contributed by atoms with Crippen LogP contribution in [0, 0.1) is 11.3 Å². The molecule has 0 spiro atoms. The van der Waals surface area contributed by atoms with E-state index in [1.807, 2.05) is 19.9 Å². The third kappa shape index (κ3) is 2.33. The molecule has 1 aliphatic rings. The Morgan fingerprint density at radius 2 is 1.86 bits per heavy atom. The molecule has 0 bridgehead atoms. The van der Waals surface area contributed by atoms with Crippen molar-refractivity contribution < 1.29 is 19.4 Å². The van der Waals surface area contributed by atoms with Gasteiger partial charge in [-0.25, -0.2) is 4.79 Å². The molecule has 1 aromatic carbocycles. The second-order valence-electron chi connectivity index (χ2n) is 5.58. The summed E-state index contributed by atoms with van der Waals surface area (Å²) in [5.41, 5.74) is 1.78. The Morgan fingerprint density at radius 1 is 1.29 bits per heavy atom. The number of hydrogen-bond donors (Lipinski definition) is 1. The van der Waals surface area contributed by atoms with Crippen LogP contribution in [-0.2, 0) is 10.2 Å². The maximum Gasteiger partial charge on any atom is 0.346 e. The molecule has 0 amide bonds. The first-order valence-corrected chi connectivity index (χ1v) is 6.49. The van der Waals surface area contributed by atoms with Crippen molar-refractivity contribution in [3.8, 4) is 17.6 Å². The number of fused-ring (bicyclic) bond motifs is 1. The molecule has 2 rings (SSSR count). The molecule has 0 aliphatic heterocycles. The summed E-state index contributed by atoms with van der Waals surface area (Å²) in [5, 5.41) is 18.4. The van der Waals surface area contributed by atoms with E-state index in [-0.39, 0.29) is 11.0 Å². The number of carbonyl (C=O) groups is 1. The molecule has 0 aromatic heterocycles. The number of nitriles is 1. The summed E-state index contributed by atoms with van der Waals surface area (Å²) in [7, 11) is 3.08. The van der Waals surface area contributed by atoms with E-state index < -0.39 is 5.97 Å². The summed E-state index contributed by atoms with van der Waals surface area (Å²) in [5.74, 6) is -0.0838. The van der Waals surface area contributed by atoms with Crippen LogP contribution < -0.4 is 9.47 Å². The van der Waals surface area contributed by atoms with Gasteiger partial charge in [0.2, 0.25) is 0 Å². The molecule has 5 nitrogen and oxygen atoms in total. The highest BCUT2D eigenvalue weighted by Crippen LogP contribution is 2.50. The van der Waals surface area contributed by atoms with E-state index in [2.05, 4.69) is 0 Å². The van der Waals surface area contributed by atoms with Crippen LogP contribution >= 0.6 is 0 Å². The lowest BCUT2D eigenvalue weighted by molar-refractivity contribution is -0.132. The van der Waals surface area contributed by atoms with Crippen LogP contribution in [0.4, 0.5) is 0 Å². The van der Waals surface area contributed by atoms with Gasteiger partial charge in [0.15, 0.2) is 11.5 Å². The van der Waals surface area contributed by atoms with Gasteiger partial charge in [-0.15, -0.1) is 0 Å². The average Bonchev–Trinajstić information content (AvgIpc) is 2.69. The fourth-order valence-corrected chi connectivity index (χ4v) is 2.79. The fraction of sp³-hybridized carbons (Fsp3) is 0.375. The maximum absolute atomic E-state index is 11.3. The number of methoxy groups -OCH3 is 2. The van der Waals surface area contributed by atoms with E-state index >= 15 is 0 Å². The Bertz CT molecular complexity index is 680. The number of ether oxygens (including phenoxy) is 2. The van der Waals surface area contributed by atoms with Gasteiger partial charge < -0.3 is 14.6 Å². The third-order valence-electron chi connectivity index (χ3n) is 3.82. The van der Waals surface area contributed by atoms with Crippen LogP contribution in [0.25, 0.3) is 5.57 Å². The number of rotatable bonds is 3. The highest BCUT2D eigenvalue weighted by Gasteiger charge is 2.37. The summed E-state index contributed by atoms with van der Waals surface area (Å²) in [6.07, 6.45) is 0.494. The molecule has 110 valence electrons. The number of allylic oxidation sites excluding steroid dienone is 1. The molecule has 21 heavy (non-hydrogen) atoms. The molecule has 0 fully saturated rings. The molecule has 5 heteroatoms. The zero-order valence-electron chi connectivity index (χ0n) is 12.5. The van der Waals surface area contributed by atoms with Crippen molar-refractivity contribution in [1.29, 1.82) is 5.26 Å². The zero-order valence-corrected chi connectivity index (χ0v) is 12.5. The summed E-state index contributed by atoms with van der Waals surface area (Å²) in [4.78, 5) is 11.3. The second-order valence-corrected chi connectivity index (χ2v) is 5.58. The van der Waals surface area contributed by atoms with E-state index in [0.717, 1.165) is 11.1 Å². The largest absolute Gasteiger partial charge is 0.493 e. The summed E-state index contributed by atoms with van der Waals surface area (Å²) in [6.45, 7) is 4.03. The summed E-state index contributed by atoms with van der Waals surface area (Å²) < 4.78 is 10.6. The second kappa shape index (κ2) is 5.13. The standard InChI is InChI=1S/C16H17NO4/c1-16(2)7-10(11(8-17)15(18)19)9-5-13(20-3)14(21-4)6-12(9)16/h5-6H,7H2,1-4H3,(H,18,19)/b11-10-. The topological polar surface area (TPSA) is 79.5 Å². The lowest BCUT2D eigenvalue weighted by atomic mass is 9.86. The van der Waals surface area contributed by atoms with E-state index in [1.165, 1.54) is 7.11 Å². The monoisotopic (exact) mass is 287 g/mol. The molecule has 0 saturated carbocycles. The summed E-state index contributed by atoms with van der Waals surface area (Å²) >= 11 is 0. The number of carboxylic acids is 1. The Kier molecular flexibility index (Phi) is 3.65. The van der Waals surface area contributed by atoms with Crippen LogP contribution in [0.3, 0.4) is 0 Å². The van der Waals surface area contributed by atoms with Crippen LogP contribution in [0.15, 0.2) is 17.7 Å². The van der Waals surface area contributed by atoms with Gasteiger partial charge in [-0.3, -0.25) is 0 Å². The van der Waals surface area contributed by atoms with Crippen molar-refractivity contribution in [1.82, 2.24) is 0 Å². The van der Waals surface area contributed by atoms with Gasteiger partial charge in [-0.2, -0.15) is 5.26 Å². The number of carboxylic acid groups (broad SMARTS) is 1. The molecule has 1 N–H and O–H groups in total. The van der Waals surface area contributed by atoms with Gasteiger partial charge in [0, 0.05) is 0 Å². The van der Waals surface area contributed by atoms with Crippen LogP contribution in [0.1, 0.15) is 31.4 Å². The van der Waals surface area contributed by atoms with Crippen molar-refractivity contribution in [2.75, 3.05) is 14.2 Å². The lowest BCUT2D eigenvalue weighted by Crippen LogP contribution is -2.12. The van der Waals surface area contributed by atoms with E-state index in [4.69, 9.17) is 14.7 Å². The summed E-state index contributed by atoms with van der Waals surface area (Å²) in [6, 6.07) is 5.40. The SMILES string of the molecule is COc1cc2c(cc1OC)C(C)(C)C/C2=C(\C#N)C(=O)O. The van der Waals surface area contributed by atoms with Crippen molar-refractivity contribution in [3.05, 3.63) is 28.8 Å². The molecule has 0 saturated heterocycles. The first kappa shape index (κ1) is 14.9. The van der Waals surface area contributed by atoms with Crippen LogP contribution in [-0.4, -0.2) is 25.3 Å². The van der Waals surface area contributed by atoms with Crippen molar-refractivity contribution in [2.45, 2.75) is 25.7 Å². The molecule has 0 radical (unpaired) electrons. The highest BCUT2D eigenvalue weighted by atomic mass is 16.5. The molecule has 1 aromatic rings. The van der Waals surface area contributed by atoms with Crippen LogP contribution in [0.5, 0.6) is 11.5 Å². The normalized spacial score (nSPS) is 17.7. The van der Waals surface area contributed by atoms with Crippen molar-refractivity contribution >= 4 is 11.5 Å². The number of nitrogens with zero attached hydrogens (tertiary/aromatic N) is 1. The molecular weight excluding hydrogens is 270 g/mol. The minimum absolute atomic E-state index is 0.214. The number of benzene rings is 1. The van der Waals surface area contributed by atoms with E-state index in [0.29, 0.717) is 23.5 Å². The number of aliphatic carboxylic acids is 1. The molecule has 0 atom stereocenters. The smallest absolute Gasteiger partial charge is 0.346 e. The van der Waals surface area contributed by atoms with Crippen molar-refractivity contribution in [3.63, 3.8) is 0 Å². The van der Waals surface area contributed by atoms with Gasteiger partial charge >= 0.3 is 5.97 Å². The first-order chi connectivity index (χ1) is 9.85. The zero-order chi connectivity index (χ0) is 15.8. The van der Waals surface area contributed by atoms with E-state index in [1.54, 1.807) is 19.2 Å². The maximum atomic E-state index is 11.3. The Hall–Kier alpha value is -2.48. The lowest BCUT2D eigenvalue weighted by Gasteiger charge is -2.19. The fourth-order valence-electron chi connectivity index (χ4n) is 2.79. The van der Waals surface area contributed by atoms with Crippen LogP contribution in [0.2, 0.25) is 0 Å². The average molecular weight is 287 g/mol. The third-order valence-corrected chi connectivity index (χ3v) is 3.82. The Morgan fingerprint density at radius 3 is 2.33 bits per heavy atom. The first-order valence-electron chi connectivity index (χ1n) is 6.49. The minimum atomic E-state index is -1.20. The molecule has 0 heterocycles. The predicted octanol–water partition coefficient (Wildman–Crippen LogP) is 2.75. The number of hydrogen-bond acceptors (Lipinski definition) is 4. The van der Waals surface area contributed by atoms with Gasteiger partial charge in [-0.05, 0) is 40.7 Å². The highest BCUT2D eigenvalue weighted by molar-refractivity contribution is 6.02. The molecular formula is C16H17NO4. The van der Waals surface area contributed by atoms with E-state index in [9.17, 15) is 9.90 Å².